The quantitative estimate of drug-likeness (QED) is 0.109. The number of hydrogen-bond acceptors (Lipinski definition) is 6. The highest BCUT2D eigenvalue weighted by Gasteiger charge is 2.23. The molecule has 0 heterocycles. The lowest BCUT2D eigenvalue weighted by Gasteiger charge is -2.27. The number of oxime groups is 1. The second-order valence-electron chi connectivity index (χ2n) is 9.59. The fourth-order valence-electron chi connectivity index (χ4n) is 3.72. The fourth-order valence-corrected chi connectivity index (χ4v) is 3.72. The minimum Gasteiger partial charge on any atom is -0.494 e. The van der Waals surface area contributed by atoms with Gasteiger partial charge in [-0.15, -0.1) is 0 Å². The highest BCUT2D eigenvalue weighted by Crippen LogP contribution is 2.23. The van der Waals surface area contributed by atoms with Gasteiger partial charge in [0.05, 0.1) is 6.61 Å². The average Bonchev–Trinajstić information content (AvgIpc) is 2.86. The van der Waals surface area contributed by atoms with Gasteiger partial charge in [0.25, 0.3) is 0 Å². The van der Waals surface area contributed by atoms with E-state index in [1.54, 1.807) is 20.8 Å². The van der Waals surface area contributed by atoms with Gasteiger partial charge in [-0.05, 0) is 73.7 Å². The largest absolute Gasteiger partial charge is 0.494 e. The van der Waals surface area contributed by atoms with Crippen molar-refractivity contribution >= 4 is 22.7 Å². The lowest BCUT2D eigenvalue weighted by atomic mass is 10.1. The Balaban J connectivity index is 1.64. The molecule has 8 nitrogen and oxygen atoms in total. The van der Waals surface area contributed by atoms with E-state index in [-0.39, 0.29) is 18.8 Å². The van der Waals surface area contributed by atoms with Crippen LogP contribution in [0, 0.1) is 0 Å². The Morgan fingerprint density at radius 2 is 1.72 bits per heavy atom. The van der Waals surface area contributed by atoms with Crippen LogP contribution in [-0.2, 0) is 17.7 Å². The normalized spacial score (nSPS) is 11.8. The smallest absolute Gasteiger partial charge is 0.410 e. The van der Waals surface area contributed by atoms with E-state index in [0.717, 1.165) is 34.9 Å². The van der Waals surface area contributed by atoms with Crippen molar-refractivity contribution < 1.29 is 24.7 Å². The van der Waals surface area contributed by atoms with Crippen LogP contribution in [0.5, 0.6) is 5.75 Å². The maximum atomic E-state index is 12.8. The number of amidine groups is 1. The molecule has 0 aliphatic carbocycles. The number of amides is 1. The summed E-state index contributed by atoms with van der Waals surface area (Å²) in [4.78, 5) is 14.3. The number of nitrogens with one attached hydrogen (secondary N) is 1. The summed E-state index contributed by atoms with van der Waals surface area (Å²) in [5.74, 6) is 0.782. The molecule has 3 rings (SSSR count). The molecular formula is C28H35N3O5. The number of carbonyl (C=O) groups excluding carboxylic acids is 1. The minimum absolute atomic E-state index is 0.0432. The summed E-state index contributed by atoms with van der Waals surface area (Å²) in [6.07, 6.45) is 1.56. The van der Waals surface area contributed by atoms with Gasteiger partial charge in [-0.25, -0.2) is 4.79 Å². The van der Waals surface area contributed by atoms with E-state index >= 15 is 0 Å². The zero-order valence-corrected chi connectivity index (χ0v) is 21.1. The molecule has 3 aromatic carbocycles. The first-order valence-corrected chi connectivity index (χ1v) is 12.1. The monoisotopic (exact) mass is 493 g/mol. The summed E-state index contributed by atoms with van der Waals surface area (Å²) in [6.45, 7) is 6.54. The Morgan fingerprint density at radius 3 is 2.42 bits per heavy atom. The lowest BCUT2D eigenvalue weighted by Crippen LogP contribution is -2.38. The van der Waals surface area contributed by atoms with E-state index in [0.29, 0.717) is 13.2 Å². The molecule has 1 amide bonds. The summed E-state index contributed by atoms with van der Waals surface area (Å²) in [5.41, 5.74) is 3.40. The van der Waals surface area contributed by atoms with Crippen LogP contribution < -0.4 is 10.2 Å². The zero-order valence-electron chi connectivity index (χ0n) is 21.1. The van der Waals surface area contributed by atoms with E-state index in [2.05, 4.69) is 17.3 Å². The van der Waals surface area contributed by atoms with E-state index in [4.69, 9.17) is 19.9 Å². The summed E-state index contributed by atoms with van der Waals surface area (Å²) >= 11 is 0. The molecular weight excluding hydrogens is 458 g/mol. The number of ether oxygens (including phenoxy) is 2. The van der Waals surface area contributed by atoms with E-state index < -0.39 is 11.7 Å². The fraction of sp³-hybridized carbons (Fsp3) is 0.357. The van der Waals surface area contributed by atoms with Crippen molar-refractivity contribution in [2.75, 3.05) is 13.2 Å². The number of rotatable bonds is 10. The molecule has 192 valence electrons. The van der Waals surface area contributed by atoms with Crippen LogP contribution in [0.25, 0.3) is 10.8 Å². The molecule has 0 saturated heterocycles. The van der Waals surface area contributed by atoms with Crippen molar-refractivity contribution in [2.45, 2.75) is 52.2 Å². The summed E-state index contributed by atoms with van der Waals surface area (Å²) in [5, 5.41) is 23.0. The molecule has 36 heavy (non-hydrogen) atoms. The maximum Gasteiger partial charge on any atom is 0.410 e. The first-order chi connectivity index (χ1) is 17.3. The molecule has 3 aromatic rings. The third-order valence-corrected chi connectivity index (χ3v) is 5.49. The van der Waals surface area contributed by atoms with Gasteiger partial charge in [0.15, 0.2) is 5.84 Å². The minimum atomic E-state index is -0.653. The Morgan fingerprint density at radius 1 is 1.00 bits per heavy atom. The molecule has 0 spiro atoms. The summed E-state index contributed by atoms with van der Waals surface area (Å²) < 4.78 is 11.5. The standard InChI is InChI=1S/C28H35N3O5/c1-28(2,3)36-27(32)31(16-15-26(29-33)30-34)20-22-11-12-24-19-25(14-13-23(24)18-22)35-17-7-10-21-8-5-4-6-9-21/h4-6,8-9,11-14,18-19,33-34H,7,10,15-17,20H2,1-3H3,(H,29,30). The third-order valence-electron chi connectivity index (χ3n) is 5.49. The van der Waals surface area contributed by atoms with E-state index in [1.807, 2.05) is 60.1 Å². The van der Waals surface area contributed by atoms with Gasteiger partial charge in [0.1, 0.15) is 11.4 Å². The van der Waals surface area contributed by atoms with E-state index in [1.165, 1.54) is 10.5 Å². The maximum absolute atomic E-state index is 12.8. The third kappa shape index (κ3) is 8.46. The lowest BCUT2D eigenvalue weighted by molar-refractivity contribution is 0.0237. The molecule has 0 radical (unpaired) electrons. The van der Waals surface area contributed by atoms with Crippen molar-refractivity contribution in [3.8, 4) is 5.75 Å². The van der Waals surface area contributed by atoms with Gasteiger partial charge >= 0.3 is 6.09 Å². The Hall–Kier alpha value is -3.78. The predicted molar refractivity (Wildman–Crippen MR) is 140 cm³/mol. The van der Waals surface area contributed by atoms with Gasteiger partial charge in [-0.1, -0.05) is 53.7 Å². The first kappa shape index (κ1) is 26.8. The molecule has 0 aliphatic rings. The molecule has 0 aromatic heterocycles. The summed E-state index contributed by atoms with van der Waals surface area (Å²) in [6, 6.07) is 22.3. The number of fused-ring (bicyclic) bond motifs is 1. The first-order valence-electron chi connectivity index (χ1n) is 12.1. The molecule has 0 bridgehead atoms. The van der Waals surface area contributed by atoms with Gasteiger partial charge in [-0.3, -0.25) is 10.7 Å². The van der Waals surface area contributed by atoms with Crippen molar-refractivity contribution in [1.29, 1.82) is 0 Å². The average molecular weight is 494 g/mol. The SMILES string of the molecule is CC(C)(C)OC(=O)N(CCC(=NO)NO)Cc1ccc2cc(OCCCc3ccccc3)ccc2c1. The van der Waals surface area contributed by atoms with Gasteiger partial charge < -0.3 is 19.6 Å². The van der Waals surface area contributed by atoms with Crippen LogP contribution in [-0.4, -0.2) is 46.0 Å². The second-order valence-corrected chi connectivity index (χ2v) is 9.59. The number of nitrogens with zero attached hydrogens (tertiary/aromatic N) is 2. The Labute approximate surface area is 212 Å². The second kappa shape index (κ2) is 12.8. The number of benzene rings is 3. The highest BCUT2D eigenvalue weighted by atomic mass is 16.6. The van der Waals surface area contributed by atoms with Crippen molar-refractivity contribution in [3.63, 3.8) is 0 Å². The summed E-state index contributed by atoms with van der Waals surface area (Å²) in [7, 11) is 0. The molecule has 0 aliphatic heterocycles. The Bertz CT molecular complexity index is 1160. The van der Waals surface area contributed by atoms with Crippen molar-refractivity contribution in [3.05, 3.63) is 77.9 Å². The van der Waals surface area contributed by atoms with Crippen molar-refractivity contribution in [1.82, 2.24) is 10.4 Å². The predicted octanol–water partition coefficient (Wildman–Crippen LogP) is 5.75. The van der Waals surface area contributed by atoms with Crippen LogP contribution in [0.3, 0.4) is 0 Å². The molecule has 0 atom stereocenters. The van der Waals surface area contributed by atoms with Gasteiger partial charge in [0, 0.05) is 19.5 Å². The number of hydrogen-bond donors (Lipinski definition) is 3. The Kier molecular flexibility index (Phi) is 9.53. The molecule has 0 fully saturated rings. The molecule has 0 unspecified atom stereocenters. The molecule has 3 N–H and O–H groups in total. The topological polar surface area (TPSA) is 104 Å². The van der Waals surface area contributed by atoms with E-state index in [9.17, 15) is 4.79 Å². The molecule has 8 heteroatoms. The van der Waals surface area contributed by atoms with Gasteiger partial charge in [-0.2, -0.15) is 0 Å². The van der Waals surface area contributed by atoms with Crippen LogP contribution in [0.1, 0.15) is 44.7 Å². The number of carbonyl (C=O) groups is 1. The van der Waals surface area contributed by atoms with Gasteiger partial charge in [0.2, 0.25) is 0 Å². The number of hydroxylamine groups is 1. The van der Waals surface area contributed by atoms with Crippen LogP contribution in [0.15, 0.2) is 71.9 Å². The van der Waals surface area contributed by atoms with Crippen LogP contribution >= 0.6 is 0 Å². The number of aryl methyl sites for hydroxylation is 1. The van der Waals surface area contributed by atoms with Crippen molar-refractivity contribution in [2.24, 2.45) is 5.16 Å². The van der Waals surface area contributed by atoms with Crippen LogP contribution in [0.2, 0.25) is 0 Å². The highest BCUT2D eigenvalue weighted by molar-refractivity contribution is 5.84. The van der Waals surface area contributed by atoms with Crippen LogP contribution in [0.4, 0.5) is 4.79 Å². The molecule has 0 saturated carbocycles. The zero-order chi connectivity index (χ0) is 26.0.